The minimum atomic E-state index is -5.13. The highest BCUT2D eigenvalue weighted by Gasteiger charge is 2.47. The van der Waals surface area contributed by atoms with Gasteiger partial charge in [0.2, 0.25) is 0 Å². The van der Waals surface area contributed by atoms with E-state index in [1.54, 1.807) is 73.2 Å². The predicted octanol–water partition coefficient (Wildman–Crippen LogP) is 3.64. The third-order valence-corrected chi connectivity index (χ3v) is 7.19. The number of fused-ring (bicyclic) bond motifs is 1. The van der Waals surface area contributed by atoms with E-state index < -0.39 is 45.0 Å². The van der Waals surface area contributed by atoms with Crippen molar-refractivity contribution in [1.82, 2.24) is 9.97 Å². The second-order valence-electron chi connectivity index (χ2n) is 8.77. The van der Waals surface area contributed by atoms with Crippen LogP contribution in [0, 0.1) is 0 Å². The Morgan fingerprint density at radius 2 is 1.61 bits per heavy atom. The highest BCUT2D eigenvalue weighted by atomic mass is 32.3. The van der Waals surface area contributed by atoms with Crippen LogP contribution in [0.25, 0.3) is 16.5 Å². The van der Waals surface area contributed by atoms with Crippen molar-refractivity contribution >= 4 is 37.3 Å². The maximum Gasteiger partial charge on any atom is 0.398 e. The normalized spacial score (nSPS) is 22.4. The fraction of sp³-hybridized carbons (Fsp3) is 0.200. The zero-order valence-electron chi connectivity index (χ0n) is 19.7. The van der Waals surface area contributed by atoms with Gasteiger partial charge in [0.05, 0.1) is 12.7 Å². The molecule has 1 aliphatic carbocycles. The maximum absolute atomic E-state index is 12.0. The largest absolute Gasteiger partial charge is 0.398 e. The number of aromatic amines is 2. The zero-order valence-corrected chi connectivity index (χ0v) is 21.3. The predicted molar refractivity (Wildman–Crippen MR) is 138 cm³/mol. The van der Waals surface area contributed by atoms with Crippen LogP contribution in [-0.4, -0.2) is 54.2 Å². The number of nitrogens with one attached hydrogen (secondary N) is 2. The SMILES string of the molecule is O=S(=O)(O)O[C@H]1[C@H](OCc2ccccc2)[C@@H](c2cc[nH]c2)C=C(c2ccc3[nH]ccc3c2)[C@H]1OS(=O)(=O)O. The monoisotopic (exact) mass is 560 g/mol. The van der Waals surface area contributed by atoms with Gasteiger partial charge in [0.25, 0.3) is 0 Å². The first-order valence-corrected chi connectivity index (χ1v) is 14.2. The van der Waals surface area contributed by atoms with Crippen molar-refractivity contribution in [3.05, 3.63) is 102 Å². The molecule has 13 heteroatoms. The Kier molecular flexibility index (Phi) is 7.24. The molecule has 2 heterocycles. The van der Waals surface area contributed by atoms with E-state index in [-0.39, 0.29) is 12.2 Å². The fourth-order valence-electron chi connectivity index (χ4n) is 4.71. The smallest absolute Gasteiger partial charge is 0.370 e. The molecular formula is C25H24N2O9S2. The van der Waals surface area contributed by atoms with E-state index in [2.05, 4.69) is 9.97 Å². The maximum atomic E-state index is 12.0. The Morgan fingerprint density at radius 3 is 2.29 bits per heavy atom. The van der Waals surface area contributed by atoms with Gasteiger partial charge in [-0.25, -0.2) is 8.37 Å². The van der Waals surface area contributed by atoms with E-state index in [0.717, 1.165) is 16.5 Å². The molecule has 200 valence electrons. The number of H-pyrrole nitrogens is 2. The molecule has 2 aromatic carbocycles. The minimum absolute atomic E-state index is 0.00877. The van der Waals surface area contributed by atoms with Crippen molar-refractivity contribution in [1.29, 1.82) is 0 Å². The molecule has 4 N–H and O–H groups in total. The van der Waals surface area contributed by atoms with Crippen molar-refractivity contribution in [2.24, 2.45) is 0 Å². The summed E-state index contributed by atoms with van der Waals surface area (Å²) in [7, 11) is -10.2. The average molecular weight is 561 g/mol. The first-order valence-electron chi connectivity index (χ1n) is 11.5. The van der Waals surface area contributed by atoms with Crippen LogP contribution in [0.5, 0.6) is 0 Å². The Labute approximate surface area is 219 Å². The van der Waals surface area contributed by atoms with E-state index in [1.807, 2.05) is 12.1 Å². The second kappa shape index (κ2) is 10.5. The van der Waals surface area contributed by atoms with Gasteiger partial charge in [-0.15, -0.1) is 0 Å². The lowest BCUT2D eigenvalue weighted by atomic mass is 9.78. The minimum Gasteiger partial charge on any atom is -0.370 e. The van der Waals surface area contributed by atoms with Crippen LogP contribution >= 0.6 is 0 Å². The van der Waals surface area contributed by atoms with Gasteiger partial charge in [-0.2, -0.15) is 16.8 Å². The Morgan fingerprint density at radius 1 is 0.842 bits per heavy atom. The van der Waals surface area contributed by atoms with Crippen LogP contribution in [0.3, 0.4) is 0 Å². The van der Waals surface area contributed by atoms with Crippen LogP contribution < -0.4 is 0 Å². The van der Waals surface area contributed by atoms with Crippen molar-refractivity contribution in [2.45, 2.75) is 30.8 Å². The molecule has 0 aliphatic heterocycles. The van der Waals surface area contributed by atoms with E-state index in [9.17, 15) is 25.9 Å². The molecule has 0 unspecified atom stereocenters. The molecule has 0 bridgehead atoms. The van der Waals surface area contributed by atoms with Crippen molar-refractivity contribution in [3.8, 4) is 0 Å². The molecule has 11 nitrogen and oxygen atoms in total. The summed E-state index contributed by atoms with van der Waals surface area (Å²) in [5.41, 5.74) is 2.94. The van der Waals surface area contributed by atoms with E-state index in [1.165, 1.54) is 0 Å². The lowest BCUT2D eigenvalue weighted by Gasteiger charge is -2.40. The fourth-order valence-corrected chi connectivity index (χ4v) is 5.67. The highest BCUT2D eigenvalue weighted by molar-refractivity contribution is 7.81. The molecule has 0 saturated carbocycles. The van der Waals surface area contributed by atoms with E-state index in [4.69, 9.17) is 13.1 Å². The van der Waals surface area contributed by atoms with Gasteiger partial charge in [-0.3, -0.25) is 9.11 Å². The molecule has 0 amide bonds. The number of aromatic nitrogens is 2. The van der Waals surface area contributed by atoms with Crippen LogP contribution in [0.15, 0.2) is 85.3 Å². The summed E-state index contributed by atoms with van der Waals surface area (Å²) in [5, 5.41) is 0.793. The van der Waals surface area contributed by atoms with Crippen molar-refractivity contribution < 1.29 is 39.0 Å². The van der Waals surface area contributed by atoms with Gasteiger partial charge in [0, 0.05) is 30.0 Å². The van der Waals surface area contributed by atoms with Gasteiger partial charge in [0.1, 0.15) is 12.2 Å². The average Bonchev–Trinajstić information content (AvgIpc) is 3.55. The zero-order chi connectivity index (χ0) is 26.9. The van der Waals surface area contributed by atoms with Crippen LogP contribution in [0.1, 0.15) is 22.6 Å². The van der Waals surface area contributed by atoms with Gasteiger partial charge in [0.15, 0.2) is 0 Å². The molecule has 2 aromatic heterocycles. The van der Waals surface area contributed by atoms with E-state index in [0.29, 0.717) is 11.1 Å². The Balaban J connectivity index is 1.67. The molecule has 0 saturated heterocycles. The Hall–Kier alpha value is -3.30. The number of hydrogen-bond donors (Lipinski definition) is 4. The lowest BCUT2D eigenvalue weighted by Crippen LogP contribution is -2.50. The summed E-state index contributed by atoms with van der Waals surface area (Å²) in [5.74, 6) is -0.671. The van der Waals surface area contributed by atoms with Crippen molar-refractivity contribution in [3.63, 3.8) is 0 Å². The summed E-state index contributed by atoms with van der Waals surface area (Å²) in [6.45, 7) is 0.00877. The molecule has 0 spiro atoms. The first kappa shape index (κ1) is 26.3. The first-order chi connectivity index (χ1) is 18.1. The van der Waals surface area contributed by atoms with Gasteiger partial charge >= 0.3 is 20.8 Å². The summed E-state index contributed by atoms with van der Waals surface area (Å²) in [4.78, 5) is 6.01. The van der Waals surface area contributed by atoms with Crippen molar-refractivity contribution in [2.75, 3.05) is 0 Å². The molecule has 0 fully saturated rings. The topological polar surface area (TPSA) is 168 Å². The van der Waals surface area contributed by atoms with Gasteiger partial charge in [-0.05, 0) is 51.9 Å². The van der Waals surface area contributed by atoms with E-state index >= 15 is 0 Å². The number of hydrogen-bond acceptors (Lipinski definition) is 7. The summed E-state index contributed by atoms with van der Waals surface area (Å²) in [6.07, 6.45) is 2.20. The molecule has 4 atom stereocenters. The molecule has 5 rings (SSSR count). The molecule has 38 heavy (non-hydrogen) atoms. The quantitative estimate of drug-likeness (QED) is 0.223. The molecule has 1 aliphatic rings. The van der Waals surface area contributed by atoms with Gasteiger partial charge in [-0.1, -0.05) is 42.5 Å². The molecule has 4 aromatic rings. The second-order valence-corrected chi connectivity index (χ2v) is 10.9. The molecule has 0 radical (unpaired) electrons. The van der Waals surface area contributed by atoms with Crippen LogP contribution in [-0.2, 0) is 40.5 Å². The Bertz CT molecular complexity index is 1650. The summed E-state index contributed by atoms with van der Waals surface area (Å²) < 4.78 is 83.3. The van der Waals surface area contributed by atoms with Gasteiger partial charge < -0.3 is 14.7 Å². The highest BCUT2D eigenvalue weighted by Crippen LogP contribution is 2.42. The third-order valence-electron chi connectivity index (χ3n) is 6.28. The summed E-state index contributed by atoms with van der Waals surface area (Å²) in [6, 6.07) is 17.8. The lowest BCUT2D eigenvalue weighted by molar-refractivity contribution is -0.0755. The third kappa shape index (κ3) is 6.05. The molecular weight excluding hydrogens is 536 g/mol. The van der Waals surface area contributed by atoms with Crippen LogP contribution in [0.2, 0.25) is 0 Å². The number of benzene rings is 2. The number of ether oxygens (including phenoxy) is 1. The number of rotatable bonds is 9. The van der Waals surface area contributed by atoms with Crippen LogP contribution in [0.4, 0.5) is 0 Å². The summed E-state index contributed by atoms with van der Waals surface area (Å²) >= 11 is 0. The standard InChI is InChI=1S/C25H24N2O9S2/c28-37(29,30)35-24-20(17-6-7-22-18(12-17)9-11-27-22)13-21(19-8-10-26-14-19)23(25(24)36-38(31,32)33)34-15-16-4-2-1-3-5-16/h1-14,21,23-27H,15H2,(H,28,29,30)(H,31,32,33)/t21-,23-,24-,25+/m1/s1.